The van der Waals surface area contributed by atoms with Crippen LogP contribution in [0.5, 0.6) is 0 Å². The molecule has 0 amide bonds. The van der Waals surface area contributed by atoms with Gasteiger partial charge in [-0.05, 0) is 12.0 Å². The van der Waals surface area contributed by atoms with E-state index in [1.807, 2.05) is 7.05 Å². The number of benzene rings is 1. The third-order valence-electron chi connectivity index (χ3n) is 3.56. The maximum atomic E-state index is 5.05. The number of aliphatic imine (C=N–C) groups is 1. The quantitative estimate of drug-likeness (QED) is 0.509. The number of rotatable bonds is 4. The number of nitrogens with zero attached hydrogens (tertiary/aromatic N) is 2. The van der Waals surface area contributed by atoms with Crippen LogP contribution in [0.15, 0.2) is 35.3 Å². The fraction of sp³-hybridized carbons (Fsp3) is 0.533. The van der Waals surface area contributed by atoms with E-state index < -0.39 is 0 Å². The van der Waals surface area contributed by atoms with Crippen molar-refractivity contribution < 1.29 is 4.74 Å². The lowest BCUT2D eigenvalue weighted by Crippen LogP contribution is -2.41. The topological polar surface area (TPSA) is 36.9 Å². The Morgan fingerprint density at radius 2 is 2.21 bits per heavy atom. The van der Waals surface area contributed by atoms with E-state index in [1.165, 1.54) is 12.0 Å². The standard InChI is InChI=1S/C15H23N3O/c1-16-15(17-9-11-19-2)18-10-8-14(12-18)13-6-4-3-5-7-13/h3-7,14H,8-12H2,1-2H3,(H,16,17). The third kappa shape index (κ3) is 3.70. The Balaban J connectivity index is 1.90. The highest BCUT2D eigenvalue weighted by molar-refractivity contribution is 5.80. The molecule has 1 atom stereocenters. The van der Waals surface area contributed by atoms with Crippen LogP contribution in [0.4, 0.5) is 0 Å². The summed E-state index contributed by atoms with van der Waals surface area (Å²) in [5.74, 6) is 1.60. The summed E-state index contributed by atoms with van der Waals surface area (Å²) >= 11 is 0. The van der Waals surface area contributed by atoms with E-state index >= 15 is 0 Å². The Kier molecular flexibility index (Phi) is 5.21. The fourth-order valence-electron chi connectivity index (χ4n) is 2.55. The molecule has 0 bridgehead atoms. The first-order valence-electron chi connectivity index (χ1n) is 6.84. The van der Waals surface area contributed by atoms with Gasteiger partial charge in [-0.3, -0.25) is 4.99 Å². The van der Waals surface area contributed by atoms with Gasteiger partial charge in [-0.2, -0.15) is 0 Å². The maximum Gasteiger partial charge on any atom is 0.193 e. The Morgan fingerprint density at radius 1 is 1.42 bits per heavy atom. The highest BCUT2D eigenvalue weighted by Gasteiger charge is 2.25. The van der Waals surface area contributed by atoms with Crippen LogP contribution in [0.2, 0.25) is 0 Å². The van der Waals surface area contributed by atoms with E-state index in [1.54, 1.807) is 7.11 Å². The predicted octanol–water partition coefficient (Wildman–Crippen LogP) is 1.70. The molecule has 1 unspecified atom stereocenters. The molecule has 1 saturated heterocycles. The average molecular weight is 261 g/mol. The normalized spacial score (nSPS) is 19.8. The summed E-state index contributed by atoms with van der Waals surface area (Å²) in [6.07, 6.45) is 1.19. The zero-order valence-corrected chi connectivity index (χ0v) is 11.8. The SMILES string of the molecule is CN=C(NCCOC)N1CCC(c2ccccc2)C1. The summed E-state index contributed by atoms with van der Waals surface area (Å²) in [7, 11) is 3.55. The molecule has 1 heterocycles. The lowest BCUT2D eigenvalue weighted by Gasteiger charge is -2.21. The molecular formula is C15H23N3O. The van der Waals surface area contributed by atoms with Crippen molar-refractivity contribution >= 4 is 5.96 Å². The van der Waals surface area contributed by atoms with Gasteiger partial charge in [0.1, 0.15) is 0 Å². The zero-order chi connectivity index (χ0) is 13.5. The monoisotopic (exact) mass is 261 g/mol. The fourth-order valence-corrected chi connectivity index (χ4v) is 2.55. The molecule has 4 nitrogen and oxygen atoms in total. The Morgan fingerprint density at radius 3 is 2.89 bits per heavy atom. The lowest BCUT2D eigenvalue weighted by molar-refractivity contribution is 0.203. The molecule has 0 aliphatic carbocycles. The Bertz CT molecular complexity index is 405. The minimum atomic E-state index is 0.613. The second-order valence-electron chi connectivity index (χ2n) is 4.81. The van der Waals surface area contributed by atoms with E-state index in [-0.39, 0.29) is 0 Å². The largest absolute Gasteiger partial charge is 0.383 e. The third-order valence-corrected chi connectivity index (χ3v) is 3.56. The van der Waals surface area contributed by atoms with Gasteiger partial charge in [0.15, 0.2) is 5.96 Å². The van der Waals surface area contributed by atoms with Crippen LogP contribution < -0.4 is 5.32 Å². The van der Waals surface area contributed by atoms with Crippen LogP contribution in [0.25, 0.3) is 0 Å². The van der Waals surface area contributed by atoms with Crippen LogP contribution in [0.3, 0.4) is 0 Å². The first kappa shape index (κ1) is 13.9. The van der Waals surface area contributed by atoms with E-state index in [0.29, 0.717) is 12.5 Å². The number of methoxy groups -OCH3 is 1. The van der Waals surface area contributed by atoms with Crippen molar-refractivity contribution in [1.82, 2.24) is 10.2 Å². The molecule has 2 rings (SSSR count). The summed E-state index contributed by atoms with van der Waals surface area (Å²) in [5, 5.41) is 3.34. The number of nitrogens with one attached hydrogen (secondary N) is 1. The minimum Gasteiger partial charge on any atom is -0.383 e. The maximum absolute atomic E-state index is 5.05. The molecule has 0 saturated carbocycles. The van der Waals surface area contributed by atoms with Gasteiger partial charge in [0, 0.05) is 39.7 Å². The number of ether oxygens (including phenoxy) is 1. The number of likely N-dealkylation sites (tertiary alicyclic amines) is 1. The molecule has 0 radical (unpaired) electrons. The highest BCUT2D eigenvalue weighted by Crippen LogP contribution is 2.26. The number of hydrogen-bond donors (Lipinski definition) is 1. The second-order valence-corrected chi connectivity index (χ2v) is 4.81. The number of guanidine groups is 1. The van der Waals surface area contributed by atoms with Crippen LogP contribution in [0, 0.1) is 0 Å². The molecule has 104 valence electrons. The summed E-state index contributed by atoms with van der Waals surface area (Å²) < 4.78 is 5.05. The summed E-state index contributed by atoms with van der Waals surface area (Å²) in [5.41, 5.74) is 1.43. The molecule has 1 aliphatic rings. The van der Waals surface area contributed by atoms with Gasteiger partial charge in [0.25, 0.3) is 0 Å². The molecule has 0 aromatic heterocycles. The van der Waals surface area contributed by atoms with Gasteiger partial charge in [-0.25, -0.2) is 0 Å². The summed E-state index contributed by atoms with van der Waals surface area (Å²) in [6.45, 7) is 3.60. The molecule has 1 aromatic rings. The molecule has 1 aromatic carbocycles. The Labute approximate surface area is 115 Å². The zero-order valence-electron chi connectivity index (χ0n) is 11.8. The van der Waals surface area contributed by atoms with Crippen molar-refractivity contribution in [3.63, 3.8) is 0 Å². The van der Waals surface area contributed by atoms with Gasteiger partial charge < -0.3 is 15.0 Å². The van der Waals surface area contributed by atoms with Crippen LogP contribution >= 0.6 is 0 Å². The van der Waals surface area contributed by atoms with E-state index in [2.05, 4.69) is 45.5 Å². The predicted molar refractivity (Wildman–Crippen MR) is 78.6 cm³/mol. The summed E-state index contributed by atoms with van der Waals surface area (Å²) in [6, 6.07) is 10.7. The van der Waals surface area contributed by atoms with Crippen LogP contribution in [-0.2, 0) is 4.74 Å². The molecule has 19 heavy (non-hydrogen) atoms. The second kappa shape index (κ2) is 7.14. The smallest absolute Gasteiger partial charge is 0.193 e. The molecular weight excluding hydrogens is 238 g/mol. The van der Waals surface area contributed by atoms with Crippen molar-refractivity contribution in [3.05, 3.63) is 35.9 Å². The van der Waals surface area contributed by atoms with E-state index in [4.69, 9.17) is 4.74 Å². The average Bonchev–Trinajstić information content (AvgIpc) is 2.94. The van der Waals surface area contributed by atoms with E-state index in [0.717, 1.165) is 25.6 Å². The minimum absolute atomic E-state index is 0.613. The summed E-state index contributed by atoms with van der Waals surface area (Å²) in [4.78, 5) is 6.67. The van der Waals surface area contributed by atoms with Crippen molar-refractivity contribution in [2.75, 3.05) is 40.4 Å². The number of hydrogen-bond acceptors (Lipinski definition) is 2. The van der Waals surface area contributed by atoms with Gasteiger partial charge in [-0.15, -0.1) is 0 Å². The van der Waals surface area contributed by atoms with Gasteiger partial charge in [0.2, 0.25) is 0 Å². The van der Waals surface area contributed by atoms with Crippen molar-refractivity contribution in [2.24, 2.45) is 4.99 Å². The molecule has 1 N–H and O–H groups in total. The first-order chi connectivity index (χ1) is 9.35. The van der Waals surface area contributed by atoms with Gasteiger partial charge in [-0.1, -0.05) is 30.3 Å². The van der Waals surface area contributed by atoms with Gasteiger partial charge in [0.05, 0.1) is 6.61 Å². The highest BCUT2D eigenvalue weighted by atomic mass is 16.5. The van der Waals surface area contributed by atoms with E-state index in [9.17, 15) is 0 Å². The van der Waals surface area contributed by atoms with Crippen molar-refractivity contribution in [2.45, 2.75) is 12.3 Å². The van der Waals surface area contributed by atoms with Crippen molar-refractivity contribution in [1.29, 1.82) is 0 Å². The first-order valence-corrected chi connectivity index (χ1v) is 6.84. The lowest BCUT2D eigenvalue weighted by atomic mass is 9.99. The molecule has 0 spiro atoms. The Hall–Kier alpha value is -1.55. The van der Waals surface area contributed by atoms with Crippen LogP contribution in [0.1, 0.15) is 17.9 Å². The molecule has 1 fully saturated rings. The van der Waals surface area contributed by atoms with Crippen LogP contribution in [-0.4, -0.2) is 51.3 Å². The van der Waals surface area contributed by atoms with Gasteiger partial charge >= 0.3 is 0 Å². The van der Waals surface area contributed by atoms with Crippen molar-refractivity contribution in [3.8, 4) is 0 Å². The molecule has 4 heteroatoms. The molecule has 1 aliphatic heterocycles.